The normalized spacial score (nSPS) is 78.8. The summed E-state index contributed by atoms with van der Waals surface area (Å²) in [4.78, 5) is 0. The van der Waals surface area contributed by atoms with Crippen molar-refractivity contribution in [2.24, 2.45) is 86.8 Å². The predicted molar refractivity (Wildman–Crippen MR) is 95.0 cm³/mol. The van der Waals surface area contributed by atoms with Crippen molar-refractivity contribution in [3.05, 3.63) is 0 Å². The molecule has 130 valence electrons. The molecule has 11 aliphatic carbocycles. The minimum absolute atomic E-state index is 0.669. The number of hydrogen-bond acceptors (Lipinski definition) is 0. The Hall–Kier alpha value is 0. The summed E-state index contributed by atoms with van der Waals surface area (Å²) in [6.45, 7) is 13.5. The first kappa shape index (κ1) is 13.2. The fourth-order valence-electron chi connectivity index (χ4n) is 14.6. The number of fused-ring (bicyclic) bond motifs is 1. The molecule has 11 aliphatic rings. The molecule has 24 heavy (non-hydrogen) atoms. The van der Waals surface area contributed by atoms with Crippen LogP contribution < -0.4 is 0 Å². The minimum Gasteiger partial charge on any atom is -0.0625 e. The molecular formula is C24H34. The highest BCUT2D eigenvalue weighted by Crippen LogP contribution is 3.08. The van der Waals surface area contributed by atoms with E-state index in [0.717, 1.165) is 63.6 Å². The monoisotopic (exact) mass is 322 g/mol. The van der Waals surface area contributed by atoms with Crippen LogP contribution >= 0.6 is 0 Å². The molecule has 0 aromatic heterocycles. The molecule has 13 unspecified atom stereocenters. The van der Waals surface area contributed by atoms with Crippen molar-refractivity contribution in [2.45, 2.75) is 60.3 Å². The maximum Gasteiger partial charge on any atom is -0.00880 e. The van der Waals surface area contributed by atoms with Gasteiger partial charge in [-0.1, -0.05) is 34.6 Å². The van der Waals surface area contributed by atoms with E-state index in [4.69, 9.17) is 0 Å². The first-order valence-corrected chi connectivity index (χ1v) is 11.4. The summed E-state index contributed by atoms with van der Waals surface area (Å²) in [7, 11) is 0. The molecule has 0 radical (unpaired) electrons. The lowest BCUT2D eigenvalue weighted by atomic mass is 9.32. The van der Waals surface area contributed by atoms with Crippen molar-refractivity contribution in [1.82, 2.24) is 0 Å². The van der Waals surface area contributed by atoms with E-state index in [1.54, 1.807) is 25.7 Å². The summed E-state index contributed by atoms with van der Waals surface area (Å²) in [6, 6.07) is 0. The van der Waals surface area contributed by atoms with Gasteiger partial charge in [-0.15, -0.1) is 0 Å². The zero-order valence-corrected chi connectivity index (χ0v) is 16.2. The molecular weight excluding hydrogens is 288 g/mol. The smallest absolute Gasteiger partial charge is 0.00880 e. The van der Waals surface area contributed by atoms with E-state index in [-0.39, 0.29) is 0 Å². The summed E-state index contributed by atoms with van der Waals surface area (Å²) in [5.74, 6) is 12.4. The van der Waals surface area contributed by atoms with Crippen LogP contribution in [0.3, 0.4) is 0 Å². The lowest BCUT2D eigenvalue weighted by Crippen LogP contribution is -2.68. The van der Waals surface area contributed by atoms with E-state index in [0.29, 0.717) is 5.41 Å². The van der Waals surface area contributed by atoms with Crippen LogP contribution in [0.1, 0.15) is 60.3 Å². The van der Waals surface area contributed by atoms with Gasteiger partial charge in [0.25, 0.3) is 0 Å². The van der Waals surface area contributed by atoms with Crippen LogP contribution in [-0.2, 0) is 0 Å². The second-order valence-corrected chi connectivity index (χ2v) is 13.0. The van der Waals surface area contributed by atoms with Gasteiger partial charge in [-0.25, -0.2) is 0 Å². The summed E-state index contributed by atoms with van der Waals surface area (Å²) in [5.41, 5.74) is 3.10. The van der Waals surface area contributed by atoms with Gasteiger partial charge in [0.05, 0.1) is 0 Å². The van der Waals surface area contributed by atoms with Crippen LogP contribution in [0.15, 0.2) is 0 Å². The van der Waals surface area contributed by atoms with Crippen LogP contribution in [0.2, 0.25) is 0 Å². The zero-order chi connectivity index (χ0) is 16.2. The molecule has 0 aromatic rings. The first-order chi connectivity index (χ1) is 11.4. The average molecular weight is 323 g/mol. The minimum atomic E-state index is 0.669. The van der Waals surface area contributed by atoms with Crippen molar-refractivity contribution in [2.75, 3.05) is 0 Å². The SMILES string of the molecule is CC(C)C1CC2C3CC1C1C4C5CC6C7CC5C(C)(C)C7(C21C)C364. The van der Waals surface area contributed by atoms with Gasteiger partial charge in [-0.2, -0.15) is 0 Å². The van der Waals surface area contributed by atoms with E-state index < -0.39 is 0 Å². The molecule has 0 aliphatic heterocycles. The van der Waals surface area contributed by atoms with Crippen LogP contribution in [0.4, 0.5) is 0 Å². The highest BCUT2D eigenvalue weighted by Gasteiger charge is 3.04. The second kappa shape index (κ2) is 2.99. The maximum atomic E-state index is 2.89. The molecule has 13 atom stereocenters. The topological polar surface area (TPSA) is 0 Å². The van der Waals surface area contributed by atoms with Crippen LogP contribution in [-0.4, -0.2) is 0 Å². The fraction of sp³-hybridized carbons (Fsp3) is 1.00. The molecule has 0 heterocycles. The summed E-state index contributed by atoms with van der Waals surface area (Å²) >= 11 is 0. The molecule has 0 nitrogen and oxygen atoms in total. The zero-order valence-electron chi connectivity index (χ0n) is 16.2. The Morgan fingerprint density at radius 2 is 1.42 bits per heavy atom. The van der Waals surface area contributed by atoms with E-state index in [2.05, 4.69) is 34.6 Å². The highest BCUT2D eigenvalue weighted by atomic mass is 15.1. The van der Waals surface area contributed by atoms with Crippen LogP contribution in [0.5, 0.6) is 0 Å². The molecule has 0 N–H and O–H groups in total. The molecule has 0 amide bonds. The Kier molecular flexibility index (Phi) is 1.65. The molecule has 11 saturated carbocycles. The molecule has 2 spiro atoms. The Morgan fingerprint density at radius 3 is 2.17 bits per heavy atom. The quantitative estimate of drug-likeness (QED) is 0.600. The largest absolute Gasteiger partial charge is 0.0625 e. The number of rotatable bonds is 1. The third-order valence-corrected chi connectivity index (χ3v) is 13.6. The van der Waals surface area contributed by atoms with Gasteiger partial charge < -0.3 is 0 Å². The third-order valence-electron chi connectivity index (χ3n) is 13.6. The van der Waals surface area contributed by atoms with Crippen molar-refractivity contribution >= 4 is 0 Å². The first-order valence-electron chi connectivity index (χ1n) is 11.4. The van der Waals surface area contributed by atoms with Gasteiger partial charge in [0.1, 0.15) is 0 Å². The summed E-state index contributed by atoms with van der Waals surface area (Å²) in [6.07, 6.45) is 6.63. The third kappa shape index (κ3) is 0.709. The Balaban J connectivity index is 1.48. The average Bonchev–Trinajstić information content (AvgIpc) is 2.88. The van der Waals surface area contributed by atoms with Crippen LogP contribution in [0, 0.1) is 86.8 Å². The van der Waals surface area contributed by atoms with Gasteiger partial charge in [-0.3, -0.25) is 0 Å². The molecule has 0 saturated heterocycles. The van der Waals surface area contributed by atoms with Crippen molar-refractivity contribution in [3.63, 3.8) is 0 Å². The van der Waals surface area contributed by atoms with Crippen molar-refractivity contribution < 1.29 is 0 Å². The van der Waals surface area contributed by atoms with Crippen LogP contribution in [0.25, 0.3) is 0 Å². The Morgan fingerprint density at radius 1 is 0.708 bits per heavy atom. The predicted octanol–water partition coefficient (Wildman–Crippen LogP) is 5.48. The molecule has 11 fully saturated rings. The molecule has 12 bridgehead atoms. The molecule has 0 heteroatoms. The lowest BCUT2D eigenvalue weighted by Gasteiger charge is -2.71. The van der Waals surface area contributed by atoms with Gasteiger partial charge in [-0.05, 0) is 112 Å². The van der Waals surface area contributed by atoms with Gasteiger partial charge in [0, 0.05) is 0 Å². The standard InChI is InChI=1S/C24H34/c1-10(2)11-6-15-16-7-12(11)19-20-13-8-17-18-9-14(13)21(3,4)24(18,22(15,19)5)23(16,17)20/h10-20H,6-9H2,1-5H3. The Bertz CT molecular complexity index is 718. The van der Waals surface area contributed by atoms with Crippen molar-refractivity contribution in [1.29, 1.82) is 0 Å². The molecule has 11 rings (SSSR count). The Labute approximate surface area is 147 Å². The lowest BCUT2D eigenvalue weighted by molar-refractivity contribution is -0.249. The summed E-state index contributed by atoms with van der Waals surface area (Å²) in [5, 5.41) is 0. The second-order valence-electron chi connectivity index (χ2n) is 13.0. The van der Waals surface area contributed by atoms with E-state index in [1.165, 1.54) is 17.8 Å². The van der Waals surface area contributed by atoms with E-state index in [9.17, 15) is 0 Å². The van der Waals surface area contributed by atoms with Gasteiger partial charge in [0.2, 0.25) is 0 Å². The number of hydrogen-bond donors (Lipinski definition) is 0. The van der Waals surface area contributed by atoms with E-state index >= 15 is 0 Å². The van der Waals surface area contributed by atoms with Gasteiger partial charge >= 0.3 is 0 Å². The summed E-state index contributed by atoms with van der Waals surface area (Å²) < 4.78 is 0. The fourth-order valence-corrected chi connectivity index (χ4v) is 14.6. The van der Waals surface area contributed by atoms with E-state index in [1.807, 2.05) is 0 Å². The maximum absolute atomic E-state index is 2.89. The highest BCUT2D eigenvalue weighted by molar-refractivity contribution is 5.50. The van der Waals surface area contributed by atoms with Gasteiger partial charge in [0.15, 0.2) is 0 Å². The van der Waals surface area contributed by atoms with Crippen molar-refractivity contribution in [3.8, 4) is 0 Å². The molecule has 0 aromatic carbocycles.